The molecule has 2 saturated heterocycles. The van der Waals surface area contributed by atoms with Crippen molar-refractivity contribution in [3.8, 4) is 11.4 Å². The molecule has 2 aromatic heterocycles. The number of morpholine rings is 1. The van der Waals surface area contributed by atoms with E-state index < -0.39 is 6.03 Å². The molecule has 0 bridgehead atoms. The Morgan fingerprint density at radius 2 is 1.53 bits per heavy atom. The number of hydrogen-bond donors (Lipinski definition) is 4. The first-order valence-corrected chi connectivity index (χ1v) is 15.6. The summed E-state index contributed by atoms with van der Waals surface area (Å²) in [5.74, 6) is 1.25. The maximum atomic E-state index is 12.8. The van der Waals surface area contributed by atoms with Gasteiger partial charge in [0.05, 0.1) is 18.7 Å². The third-order valence-corrected chi connectivity index (χ3v) is 8.20. The maximum Gasteiger partial charge on any atom is 0.323 e. The van der Waals surface area contributed by atoms with E-state index in [4.69, 9.17) is 25.1 Å². The molecule has 4 N–H and O–H groups in total. The molecule has 2 aromatic carbocycles. The van der Waals surface area contributed by atoms with Gasteiger partial charge in [0.15, 0.2) is 11.6 Å². The lowest BCUT2D eigenvalue weighted by Gasteiger charge is -2.32. The van der Waals surface area contributed by atoms with Gasteiger partial charge in [-0.25, -0.2) is 14.8 Å². The zero-order chi connectivity index (χ0) is 32.8. The predicted molar refractivity (Wildman–Crippen MR) is 184 cm³/mol. The number of amides is 3. The molecule has 0 radical (unpaired) electrons. The molecule has 2 aliphatic heterocycles. The first-order valence-electron chi connectivity index (χ1n) is 15.6. The number of ether oxygens (including phenoxy) is 1. The van der Waals surface area contributed by atoms with Crippen LogP contribution in [0.1, 0.15) is 15.9 Å². The highest BCUT2D eigenvalue weighted by Gasteiger charge is 2.21. The lowest BCUT2D eigenvalue weighted by atomic mass is 10.1. The summed E-state index contributed by atoms with van der Waals surface area (Å²) in [5, 5.41) is 16.5. The number of carbonyl (C=O) groups excluding carboxylic acids is 2. The molecule has 0 spiro atoms. The number of aromatic nitrogens is 3. The Morgan fingerprint density at radius 1 is 0.872 bits per heavy atom. The minimum atomic E-state index is -0.400. The van der Waals surface area contributed by atoms with E-state index in [1.54, 1.807) is 55.8 Å². The van der Waals surface area contributed by atoms with E-state index in [0.29, 0.717) is 78.8 Å². The highest BCUT2D eigenvalue weighted by molar-refractivity contribution is 6.09. The van der Waals surface area contributed by atoms with Crippen molar-refractivity contribution in [3.05, 3.63) is 78.1 Å². The summed E-state index contributed by atoms with van der Waals surface area (Å²) in [7, 11) is 3.84. The van der Waals surface area contributed by atoms with Crippen LogP contribution in [-0.4, -0.2) is 109 Å². The Hall–Kier alpha value is -5.40. The SMILES string of the molecule is CN/C=C(\C=N)c1cnc2c(N3CCOCC3)nc(-c3ccc(NC(=O)Nc4ccc(C(=O)N5CCN(C)CC5)cc4)cc3)nc2c1. The second-order valence-electron chi connectivity index (χ2n) is 11.4. The molecule has 6 rings (SSSR count). The zero-order valence-electron chi connectivity index (χ0n) is 26.5. The summed E-state index contributed by atoms with van der Waals surface area (Å²) < 4.78 is 5.56. The van der Waals surface area contributed by atoms with Crippen LogP contribution in [0.4, 0.5) is 22.0 Å². The summed E-state index contributed by atoms with van der Waals surface area (Å²) >= 11 is 0. The Bertz CT molecular complexity index is 1780. The van der Waals surface area contributed by atoms with Crippen molar-refractivity contribution < 1.29 is 14.3 Å². The molecule has 242 valence electrons. The lowest BCUT2D eigenvalue weighted by Crippen LogP contribution is -2.47. The van der Waals surface area contributed by atoms with Crippen LogP contribution in [0.5, 0.6) is 0 Å². The number of nitrogens with zero attached hydrogens (tertiary/aromatic N) is 6. The van der Waals surface area contributed by atoms with Crippen molar-refractivity contribution in [2.75, 3.05) is 82.1 Å². The number of rotatable bonds is 8. The third-order valence-electron chi connectivity index (χ3n) is 8.20. The second kappa shape index (κ2) is 14.4. The van der Waals surface area contributed by atoms with Gasteiger partial charge in [0.1, 0.15) is 5.52 Å². The molecule has 47 heavy (non-hydrogen) atoms. The van der Waals surface area contributed by atoms with E-state index in [1.807, 2.05) is 23.1 Å². The first kappa shape index (κ1) is 31.6. The third kappa shape index (κ3) is 7.37. The van der Waals surface area contributed by atoms with Gasteiger partial charge in [0.25, 0.3) is 5.91 Å². The minimum absolute atomic E-state index is 0.0000909. The highest BCUT2D eigenvalue weighted by Crippen LogP contribution is 2.29. The number of pyridine rings is 1. The molecule has 3 amide bonds. The summed E-state index contributed by atoms with van der Waals surface area (Å²) in [6.07, 6.45) is 4.75. The van der Waals surface area contributed by atoms with Gasteiger partial charge in [0.2, 0.25) is 0 Å². The topological polar surface area (TPSA) is 152 Å². The van der Waals surface area contributed by atoms with Crippen molar-refractivity contribution in [1.82, 2.24) is 30.1 Å². The van der Waals surface area contributed by atoms with Crippen molar-refractivity contribution in [2.45, 2.75) is 0 Å². The van der Waals surface area contributed by atoms with Gasteiger partial charge in [-0.05, 0) is 61.6 Å². The second-order valence-corrected chi connectivity index (χ2v) is 11.4. The van der Waals surface area contributed by atoms with E-state index >= 15 is 0 Å². The Morgan fingerprint density at radius 3 is 2.17 bits per heavy atom. The van der Waals surface area contributed by atoms with Crippen LogP contribution < -0.4 is 20.9 Å². The number of nitrogens with one attached hydrogen (secondary N) is 4. The molecule has 4 heterocycles. The van der Waals surface area contributed by atoms with Gasteiger partial charge in [-0.2, -0.15) is 0 Å². The predicted octanol–water partition coefficient (Wildman–Crippen LogP) is 3.77. The first-order chi connectivity index (χ1) is 22.9. The fourth-order valence-corrected chi connectivity index (χ4v) is 5.53. The van der Waals surface area contributed by atoms with E-state index in [0.717, 1.165) is 30.0 Å². The number of allylic oxidation sites excluding steroid dienone is 1. The molecular weight excluding hydrogens is 596 g/mol. The van der Waals surface area contributed by atoms with Crippen LogP contribution >= 0.6 is 0 Å². The molecule has 4 aromatic rings. The number of piperazine rings is 1. The molecule has 13 nitrogen and oxygen atoms in total. The zero-order valence-corrected chi connectivity index (χ0v) is 26.5. The molecule has 2 aliphatic rings. The maximum absolute atomic E-state index is 12.8. The highest BCUT2D eigenvalue weighted by atomic mass is 16.5. The average molecular weight is 635 g/mol. The van der Waals surface area contributed by atoms with Gasteiger partial charge in [-0.15, -0.1) is 0 Å². The monoisotopic (exact) mass is 634 g/mol. The average Bonchev–Trinajstić information content (AvgIpc) is 3.11. The summed E-state index contributed by atoms with van der Waals surface area (Å²) in [4.78, 5) is 46.3. The molecule has 0 unspecified atom stereocenters. The van der Waals surface area contributed by atoms with Crippen molar-refractivity contribution in [3.63, 3.8) is 0 Å². The van der Waals surface area contributed by atoms with Crippen molar-refractivity contribution in [1.29, 1.82) is 5.41 Å². The van der Waals surface area contributed by atoms with Crippen molar-refractivity contribution in [2.24, 2.45) is 0 Å². The number of hydrogen-bond acceptors (Lipinski definition) is 10. The molecule has 13 heteroatoms. The number of anilines is 3. The normalized spacial score (nSPS) is 15.7. The van der Waals surface area contributed by atoms with Crippen LogP contribution in [0.3, 0.4) is 0 Å². The molecule has 2 fully saturated rings. The van der Waals surface area contributed by atoms with Crippen LogP contribution in [-0.2, 0) is 4.74 Å². The largest absolute Gasteiger partial charge is 0.393 e. The lowest BCUT2D eigenvalue weighted by molar-refractivity contribution is 0.0664. The van der Waals surface area contributed by atoms with E-state index in [1.165, 1.54) is 6.21 Å². The minimum Gasteiger partial charge on any atom is -0.393 e. The standard InChI is InChI=1S/C34H38N10O3/c1-36-21-26(20-35)25-19-29-30(37-22-25)32(43-15-17-47-18-16-43)41-31(40-29)23-3-7-27(8-4-23)38-34(46)39-28-9-5-24(6-10-28)33(45)44-13-11-42(2)12-14-44/h3-10,19-22,35-36H,11-18H2,1-2H3,(H2,38,39,46)/b26-21+,35-20?. The molecule has 0 aliphatic carbocycles. The van der Waals surface area contributed by atoms with Gasteiger partial charge >= 0.3 is 6.03 Å². The van der Waals surface area contributed by atoms with Gasteiger partial charge in [-0.1, -0.05) is 0 Å². The summed E-state index contributed by atoms with van der Waals surface area (Å²) in [6.45, 7) is 5.71. The molecule has 0 atom stereocenters. The molecular formula is C34H38N10O3. The smallest absolute Gasteiger partial charge is 0.323 e. The summed E-state index contributed by atoms with van der Waals surface area (Å²) in [5.41, 5.74) is 5.34. The van der Waals surface area contributed by atoms with Crippen LogP contribution in [0.25, 0.3) is 28.0 Å². The fraction of sp³-hybridized carbons (Fsp3) is 0.294. The Balaban J connectivity index is 1.17. The van der Waals surface area contributed by atoms with Crippen LogP contribution in [0.15, 0.2) is 67.0 Å². The number of fused-ring (bicyclic) bond motifs is 1. The van der Waals surface area contributed by atoms with E-state index in [9.17, 15) is 9.59 Å². The quantitative estimate of drug-likeness (QED) is 0.212. The van der Waals surface area contributed by atoms with Crippen LogP contribution in [0.2, 0.25) is 0 Å². The number of benzene rings is 2. The number of urea groups is 1. The van der Waals surface area contributed by atoms with E-state index in [-0.39, 0.29) is 5.91 Å². The number of likely N-dealkylation sites (N-methyl/N-ethyl adjacent to an activating group) is 1. The van der Waals surface area contributed by atoms with E-state index in [2.05, 4.69) is 32.8 Å². The number of carbonyl (C=O) groups is 2. The van der Waals surface area contributed by atoms with Gasteiger partial charge in [0, 0.05) is 98.6 Å². The van der Waals surface area contributed by atoms with Crippen LogP contribution in [0, 0.1) is 5.41 Å². The fourth-order valence-electron chi connectivity index (χ4n) is 5.53. The Labute approximate surface area is 273 Å². The van der Waals surface area contributed by atoms with Gasteiger partial charge < -0.3 is 40.8 Å². The summed E-state index contributed by atoms with van der Waals surface area (Å²) in [6, 6.07) is 15.8. The van der Waals surface area contributed by atoms with Crippen molar-refractivity contribution >= 4 is 52.0 Å². The van der Waals surface area contributed by atoms with Gasteiger partial charge in [-0.3, -0.25) is 9.78 Å². The molecule has 0 saturated carbocycles. The Kier molecular flexibility index (Phi) is 9.64.